The van der Waals surface area contributed by atoms with Gasteiger partial charge in [0.25, 0.3) is 0 Å². The van der Waals surface area contributed by atoms with Crippen molar-refractivity contribution < 1.29 is 33.8 Å². The first kappa shape index (κ1) is 24.8. The molecule has 3 N–H and O–H groups in total. The zero-order chi connectivity index (χ0) is 24.9. The molecule has 2 amide bonds. The highest BCUT2D eigenvalue weighted by molar-refractivity contribution is 5.93. The third-order valence-corrected chi connectivity index (χ3v) is 6.13. The second-order valence-corrected chi connectivity index (χ2v) is 8.28. The van der Waals surface area contributed by atoms with E-state index in [4.69, 9.17) is 4.74 Å². The molecule has 0 aromatic heterocycles. The molecule has 0 fully saturated rings. The zero-order valence-electron chi connectivity index (χ0n) is 19.3. The second-order valence-electron chi connectivity index (χ2n) is 8.28. The molecule has 3 rings (SSSR count). The maximum atomic E-state index is 12.8. The lowest BCUT2D eigenvalue weighted by molar-refractivity contribution is -0.149. The number of carboxylic acids is 1. The number of methoxy groups -OCH3 is 1. The molecule has 1 aliphatic rings. The number of esters is 1. The summed E-state index contributed by atoms with van der Waals surface area (Å²) in [5, 5.41) is 14.2. The number of carbonyl (C=O) groups is 4. The molecule has 0 bridgehead atoms. The highest BCUT2D eigenvalue weighted by Crippen LogP contribution is 2.44. The first-order valence-electron chi connectivity index (χ1n) is 10.9. The minimum atomic E-state index is -1.49. The molecular weight excluding hydrogens is 440 g/mol. The summed E-state index contributed by atoms with van der Waals surface area (Å²) in [6.07, 6.45) is -1.18. The van der Waals surface area contributed by atoms with Crippen molar-refractivity contribution in [1.82, 2.24) is 10.6 Å². The summed E-state index contributed by atoms with van der Waals surface area (Å²) in [5.41, 5.74) is 2.84. The van der Waals surface area contributed by atoms with Crippen molar-refractivity contribution in [3.05, 3.63) is 59.7 Å². The Balaban J connectivity index is 1.66. The van der Waals surface area contributed by atoms with E-state index >= 15 is 0 Å². The van der Waals surface area contributed by atoms with Crippen molar-refractivity contribution in [3.63, 3.8) is 0 Å². The highest BCUT2D eigenvalue weighted by atomic mass is 16.5. The number of aliphatic carboxylic acids is 1. The second kappa shape index (κ2) is 10.4. The molecule has 2 aromatic carbocycles. The predicted molar refractivity (Wildman–Crippen MR) is 123 cm³/mol. The van der Waals surface area contributed by atoms with Gasteiger partial charge in [-0.1, -0.05) is 55.5 Å². The molecule has 0 saturated heterocycles. The van der Waals surface area contributed by atoms with Gasteiger partial charge in [-0.25, -0.2) is 9.59 Å². The van der Waals surface area contributed by atoms with Gasteiger partial charge in [0.1, 0.15) is 18.2 Å². The normalized spacial score (nSPS) is 14.7. The van der Waals surface area contributed by atoms with E-state index in [1.807, 2.05) is 48.5 Å². The Labute approximate surface area is 197 Å². The molecule has 0 aliphatic heterocycles. The molecule has 0 spiro atoms. The van der Waals surface area contributed by atoms with E-state index in [0.717, 1.165) is 29.4 Å². The van der Waals surface area contributed by atoms with E-state index in [2.05, 4.69) is 15.4 Å². The van der Waals surface area contributed by atoms with Crippen molar-refractivity contribution in [3.8, 4) is 11.1 Å². The summed E-state index contributed by atoms with van der Waals surface area (Å²) in [4.78, 5) is 48.4. The summed E-state index contributed by atoms with van der Waals surface area (Å²) in [7, 11) is 1.12. The predicted octanol–water partition coefficient (Wildman–Crippen LogP) is 2.83. The molecular formula is C25H28N2O7. The highest BCUT2D eigenvalue weighted by Gasteiger charge is 2.37. The molecule has 1 unspecified atom stereocenters. The zero-order valence-corrected chi connectivity index (χ0v) is 19.3. The number of carbonyl (C=O) groups excluding carboxylic acids is 3. The van der Waals surface area contributed by atoms with Gasteiger partial charge in [0, 0.05) is 5.92 Å². The van der Waals surface area contributed by atoms with Crippen molar-refractivity contribution in [2.24, 2.45) is 0 Å². The van der Waals surface area contributed by atoms with Crippen molar-refractivity contribution in [2.75, 3.05) is 13.7 Å². The van der Waals surface area contributed by atoms with Crippen LogP contribution in [0.3, 0.4) is 0 Å². The van der Waals surface area contributed by atoms with Gasteiger partial charge in [-0.05, 0) is 35.6 Å². The van der Waals surface area contributed by atoms with Crippen molar-refractivity contribution in [1.29, 1.82) is 0 Å². The number of benzene rings is 2. The van der Waals surface area contributed by atoms with Crippen LogP contribution < -0.4 is 10.6 Å². The van der Waals surface area contributed by atoms with Crippen LogP contribution in [-0.2, 0) is 23.9 Å². The molecule has 34 heavy (non-hydrogen) atoms. The number of amides is 2. The van der Waals surface area contributed by atoms with Crippen LogP contribution in [0.25, 0.3) is 11.1 Å². The maximum absolute atomic E-state index is 12.8. The van der Waals surface area contributed by atoms with Crippen LogP contribution in [0.5, 0.6) is 0 Å². The van der Waals surface area contributed by atoms with Crippen LogP contribution in [0.15, 0.2) is 48.5 Å². The molecule has 2 aromatic rings. The van der Waals surface area contributed by atoms with Crippen LogP contribution in [-0.4, -0.2) is 54.3 Å². The number of alkyl carbamates (subject to hydrolysis) is 1. The number of ether oxygens (including phenoxy) is 2. The molecule has 0 saturated carbocycles. The lowest BCUT2D eigenvalue weighted by Gasteiger charge is -2.29. The minimum absolute atomic E-state index is 0.0708. The average molecular weight is 469 g/mol. The summed E-state index contributed by atoms with van der Waals surface area (Å²) < 4.78 is 9.98. The van der Waals surface area contributed by atoms with E-state index in [1.165, 1.54) is 6.92 Å². The Morgan fingerprint density at radius 1 is 1.03 bits per heavy atom. The summed E-state index contributed by atoms with van der Waals surface area (Å²) in [5.74, 6) is -3.06. The fourth-order valence-corrected chi connectivity index (χ4v) is 3.93. The Kier molecular flexibility index (Phi) is 7.55. The number of hydrogen-bond acceptors (Lipinski definition) is 6. The van der Waals surface area contributed by atoms with Crippen LogP contribution in [0.4, 0.5) is 4.79 Å². The number of nitrogens with one attached hydrogen (secondary N) is 2. The Morgan fingerprint density at radius 2 is 1.59 bits per heavy atom. The summed E-state index contributed by atoms with van der Waals surface area (Å²) in [6.45, 7) is 3.20. The van der Waals surface area contributed by atoms with E-state index in [-0.39, 0.29) is 18.9 Å². The van der Waals surface area contributed by atoms with Gasteiger partial charge >= 0.3 is 18.0 Å². The maximum Gasteiger partial charge on any atom is 0.408 e. The molecule has 180 valence electrons. The lowest BCUT2D eigenvalue weighted by Crippen LogP contribution is -2.59. The van der Waals surface area contributed by atoms with Crippen LogP contribution >= 0.6 is 0 Å². The molecule has 0 heterocycles. The standard InChI is InChI=1S/C25H28N2O7/c1-4-25(2,23(31)26-20(22(29)30)13-21(28)33-3)27-24(32)34-14-19-17-11-7-5-9-15(17)16-10-6-8-12-18(16)19/h5-12,19-20H,4,13-14H2,1-3H3,(H,26,31)(H,27,32)(H,29,30)/t20-,25?/m0/s1. The van der Waals surface area contributed by atoms with E-state index in [0.29, 0.717) is 0 Å². The topological polar surface area (TPSA) is 131 Å². The van der Waals surface area contributed by atoms with Crippen LogP contribution in [0.1, 0.15) is 43.7 Å². The van der Waals surface area contributed by atoms with Gasteiger partial charge in [0.05, 0.1) is 13.5 Å². The van der Waals surface area contributed by atoms with Crippen molar-refractivity contribution in [2.45, 2.75) is 44.2 Å². The third kappa shape index (κ3) is 5.19. The SMILES string of the molecule is CCC(C)(NC(=O)OCC1c2ccccc2-c2ccccc21)C(=O)N[C@@H](CC(=O)OC)C(=O)O. The van der Waals surface area contributed by atoms with Crippen LogP contribution in [0, 0.1) is 0 Å². The van der Waals surface area contributed by atoms with Crippen LogP contribution in [0.2, 0.25) is 0 Å². The number of hydrogen-bond donors (Lipinski definition) is 3. The minimum Gasteiger partial charge on any atom is -0.480 e. The van der Waals surface area contributed by atoms with Gasteiger partial charge in [-0.15, -0.1) is 0 Å². The van der Waals surface area contributed by atoms with E-state index in [1.54, 1.807) is 6.92 Å². The van der Waals surface area contributed by atoms with Gasteiger partial charge in [0.15, 0.2) is 0 Å². The lowest BCUT2D eigenvalue weighted by atomic mass is 9.97. The quantitative estimate of drug-likeness (QED) is 0.482. The monoisotopic (exact) mass is 468 g/mol. The van der Waals surface area contributed by atoms with Crippen molar-refractivity contribution >= 4 is 23.9 Å². The fourth-order valence-electron chi connectivity index (χ4n) is 3.93. The van der Waals surface area contributed by atoms with Gasteiger partial charge in [-0.2, -0.15) is 0 Å². The number of fused-ring (bicyclic) bond motifs is 3. The first-order valence-corrected chi connectivity index (χ1v) is 10.9. The Bertz CT molecular complexity index is 1050. The number of rotatable bonds is 9. The summed E-state index contributed by atoms with van der Waals surface area (Å²) in [6, 6.07) is 14.3. The Hall–Kier alpha value is -3.88. The first-order chi connectivity index (χ1) is 16.2. The fraction of sp³-hybridized carbons (Fsp3) is 0.360. The van der Waals surface area contributed by atoms with E-state index in [9.17, 15) is 24.3 Å². The third-order valence-electron chi connectivity index (χ3n) is 6.13. The largest absolute Gasteiger partial charge is 0.480 e. The van der Waals surface area contributed by atoms with Gasteiger partial charge in [-0.3, -0.25) is 9.59 Å². The molecule has 9 heteroatoms. The van der Waals surface area contributed by atoms with Gasteiger partial charge < -0.3 is 25.2 Å². The molecule has 9 nitrogen and oxygen atoms in total. The smallest absolute Gasteiger partial charge is 0.408 e. The Morgan fingerprint density at radius 3 is 2.09 bits per heavy atom. The molecule has 2 atom stereocenters. The van der Waals surface area contributed by atoms with E-state index < -0.39 is 41.9 Å². The molecule has 0 radical (unpaired) electrons. The van der Waals surface area contributed by atoms with Gasteiger partial charge in [0.2, 0.25) is 5.91 Å². The average Bonchev–Trinajstić information content (AvgIpc) is 3.15. The summed E-state index contributed by atoms with van der Waals surface area (Å²) >= 11 is 0. The molecule has 1 aliphatic carbocycles. The number of carboxylic acid groups (broad SMARTS) is 1.